The van der Waals surface area contributed by atoms with E-state index in [2.05, 4.69) is 55.8 Å². The Labute approximate surface area is 117 Å². The van der Waals surface area contributed by atoms with E-state index < -0.39 is 0 Å². The molecule has 0 aliphatic heterocycles. The van der Waals surface area contributed by atoms with Crippen molar-refractivity contribution in [3.8, 4) is 0 Å². The Morgan fingerprint density at radius 1 is 1.11 bits per heavy atom. The predicted molar refractivity (Wildman–Crippen MR) is 84.3 cm³/mol. The summed E-state index contributed by atoms with van der Waals surface area (Å²) in [4.78, 5) is 0. The number of thioether (sulfide) groups is 1. The molecule has 0 heterocycles. The van der Waals surface area contributed by atoms with Crippen LogP contribution < -0.4 is 5.32 Å². The molecule has 0 saturated heterocycles. The zero-order valence-corrected chi connectivity index (χ0v) is 12.8. The third-order valence-corrected chi connectivity index (χ3v) is 3.73. The molecular formula is C16H27NS. The highest BCUT2D eigenvalue weighted by atomic mass is 32.2. The number of hydrogen-bond acceptors (Lipinski definition) is 2. The van der Waals surface area contributed by atoms with Crippen molar-refractivity contribution in [3.63, 3.8) is 0 Å². The van der Waals surface area contributed by atoms with Crippen LogP contribution in [0, 0.1) is 11.8 Å². The van der Waals surface area contributed by atoms with Gasteiger partial charge < -0.3 is 5.32 Å². The summed E-state index contributed by atoms with van der Waals surface area (Å²) < 4.78 is 0. The highest BCUT2D eigenvalue weighted by molar-refractivity contribution is 7.98. The minimum absolute atomic E-state index is 0.739. The second-order valence-electron chi connectivity index (χ2n) is 5.39. The predicted octanol–water partition coefficient (Wildman–Crippen LogP) is 3.84. The minimum atomic E-state index is 0.739. The number of benzene rings is 1. The highest BCUT2D eigenvalue weighted by Gasteiger charge is 2.09. The fraction of sp³-hybridized carbons (Fsp3) is 0.625. The summed E-state index contributed by atoms with van der Waals surface area (Å²) in [7, 11) is 0. The SMILES string of the molecule is CSCCC(CNCC(C)C)Cc1ccccc1. The van der Waals surface area contributed by atoms with Gasteiger partial charge in [0.1, 0.15) is 0 Å². The van der Waals surface area contributed by atoms with Gasteiger partial charge in [-0.15, -0.1) is 0 Å². The smallest absolute Gasteiger partial charge is 0.00169 e. The maximum absolute atomic E-state index is 3.60. The molecule has 1 rings (SSSR count). The van der Waals surface area contributed by atoms with Crippen LogP contribution in [0.25, 0.3) is 0 Å². The van der Waals surface area contributed by atoms with Gasteiger partial charge in [-0.2, -0.15) is 11.8 Å². The third-order valence-electron chi connectivity index (χ3n) is 3.08. The van der Waals surface area contributed by atoms with Crippen LogP contribution in [0.2, 0.25) is 0 Å². The summed E-state index contributed by atoms with van der Waals surface area (Å²) in [5.41, 5.74) is 1.47. The largest absolute Gasteiger partial charge is 0.316 e. The Hall–Kier alpha value is -0.470. The molecular weight excluding hydrogens is 238 g/mol. The van der Waals surface area contributed by atoms with E-state index in [9.17, 15) is 0 Å². The molecule has 0 radical (unpaired) electrons. The average molecular weight is 265 g/mol. The van der Waals surface area contributed by atoms with Crippen molar-refractivity contribution in [2.75, 3.05) is 25.1 Å². The van der Waals surface area contributed by atoms with Crippen molar-refractivity contribution in [3.05, 3.63) is 35.9 Å². The zero-order chi connectivity index (χ0) is 13.2. The summed E-state index contributed by atoms with van der Waals surface area (Å²) in [5.74, 6) is 2.77. The lowest BCUT2D eigenvalue weighted by Gasteiger charge is -2.18. The zero-order valence-electron chi connectivity index (χ0n) is 12.0. The monoisotopic (exact) mass is 265 g/mol. The van der Waals surface area contributed by atoms with E-state index in [1.165, 1.54) is 24.2 Å². The fourth-order valence-corrected chi connectivity index (χ4v) is 2.65. The maximum atomic E-state index is 3.60. The van der Waals surface area contributed by atoms with Crippen LogP contribution in [-0.2, 0) is 6.42 Å². The van der Waals surface area contributed by atoms with Gasteiger partial charge in [0, 0.05) is 0 Å². The molecule has 1 aromatic carbocycles. The van der Waals surface area contributed by atoms with Gasteiger partial charge in [0.25, 0.3) is 0 Å². The van der Waals surface area contributed by atoms with Crippen molar-refractivity contribution in [2.45, 2.75) is 26.7 Å². The van der Waals surface area contributed by atoms with Crippen LogP contribution in [-0.4, -0.2) is 25.1 Å². The maximum Gasteiger partial charge on any atom is -0.00169 e. The lowest BCUT2D eigenvalue weighted by molar-refractivity contribution is 0.440. The van der Waals surface area contributed by atoms with Gasteiger partial charge in [-0.25, -0.2) is 0 Å². The summed E-state index contributed by atoms with van der Waals surface area (Å²) in [6.07, 6.45) is 4.70. The number of hydrogen-bond donors (Lipinski definition) is 1. The molecule has 1 aromatic rings. The Morgan fingerprint density at radius 3 is 2.44 bits per heavy atom. The van der Waals surface area contributed by atoms with Crippen molar-refractivity contribution in [1.29, 1.82) is 0 Å². The third kappa shape index (κ3) is 7.07. The Bertz CT molecular complexity index is 297. The van der Waals surface area contributed by atoms with Crippen LogP contribution in [0.3, 0.4) is 0 Å². The molecule has 0 spiro atoms. The molecule has 1 unspecified atom stereocenters. The molecule has 0 aliphatic carbocycles. The topological polar surface area (TPSA) is 12.0 Å². The van der Waals surface area contributed by atoms with Gasteiger partial charge in [0.05, 0.1) is 0 Å². The van der Waals surface area contributed by atoms with E-state index in [1.54, 1.807) is 0 Å². The number of rotatable bonds is 9. The first kappa shape index (κ1) is 15.6. The Balaban J connectivity index is 2.39. The molecule has 0 saturated carbocycles. The van der Waals surface area contributed by atoms with E-state index in [-0.39, 0.29) is 0 Å². The molecule has 102 valence electrons. The standard InChI is InChI=1S/C16H27NS/c1-14(2)12-17-13-16(9-10-18-3)11-15-7-5-4-6-8-15/h4-8,14,16-17H,9-13H2,1-3H3. The average Bonchev–Trinajstić information content (AvgIpc) is 2.36. The van der Waals surface area contributed by atoms with E-state index in [4.69, 9.17) is 0 Å². The van der Waals surface area contributed by atoms with E-state index in [1.807, 2.05) is 11.8 Å². The van der Waals surface area contributed by atoms with Crippen molar-refractivity contribution >= 4 is 11.8 Å². The van der Waals surface area contributed by atoms with Gasteiger partial charge >= 0.3 is 0 Å². The summed E-state index contributed by atoms with van der Waals surface area (Å²) in [6.45, 7) is 6.81. The van der Waals surface area contributed by atoms with Crippen molar-refractivity contribution in [1.82, 2.24) is 5.32 Å². The minimum Gasteiger partial charge on any atom is -0.316 e. The summed E-state index contributed by atoms with van der Waals surface area (Å²) in [6, 6.07) is 10.9. The molecule has 0 amide bonds. The van der Waals surface area contributed by atoms with Crippen molar-refractivity contribution < 1.29 is 0 Å². The lowest BCUT2D eigenvalue weighted by atomic mass is 9.96. The summed E-state index contributed by atoms with van der Waals surface area (Å²) >= 11 is 1.95. The van der Waals surface area contributed by atoms with E-state index in [0.29, 0.717) is 0 Å². The van der Waals surface area contributed by atoms with Gasteiger partial charge in [-0.05, 0) is 55.3 Å². The van der Waals surface area contributed by atoms with E-state index >= 15 is 0 Å². The molecule has 18 heavy (non-hydrogen) atoms. The van der Waals surface area contributed by atoms with Crippen LogP contribution in [0.1, 0.15) is 25.8 Å². The fourth-order valence-electron chi connectivity index (χ4n) is 2.08. The first-order valence-electron chi connectivity index (χ1n) is 6.96. The van der Waals surface area contributed by atoms with Crippen LogP contribution >= 0.6 is 11.8 Å². The molecule has 1 atom stereocenters. The highest BCUT2D eigenvalue weighted by Crippen LogP contribution is 2.14. The van der Waals surface area contributed by atoms with E-state index in [0.717, 1.165) is 24.9 Å². The molecule has 0 aromatic heterocycles. The first-order chi connectivity index (χ1) is 8.72. The molecule has 0 bridgehead atoms. The quantitative estimate of drug-likeness (QED) is 0.728. The van der Waals surface area contributed by atoms with Crippen LogP contribution in [0.5, 0.6) is 0 Å². The molecule has 1 nitrogen and oxygen atoms in total. The Kier molecular flexibility index (Phi) is 8.19. The molecule has 0 aliphatic rings. The summed E-state index contributed by atoms with van der Waals surface area (Å²) in [5, 5.41) is 3.60. The van der Waals surface area contributed by atoms with Gasteiger partial charge in [0.15, 0.2) is 0 Å². The number of nitrogens with one attached hydrogen (secondary N) is 1. The van der Waals surface area contributed by atoms with Gasteiger partial charge in [-0.1, -0.05) is 44.2 Å². The molecule has 1 N–H and O–H groups in total. The van der Waals surface area contributed by atoms with Gasteiger partial charge in [0.2, 0.25) is 0 Å². The normalized spacial score (nSPS) is 12.9. The first-order valence-corrected chi connectivity index (χ1v) is 8.35. The second-order valence-corrected chi connectivity index (χ2v) is 6.37. The van der Waals surface area contributed by atoms with Crippen LogP contribution in [0.15, 0.2) is 30.3 Å². The second kappa shape index (κ2) is 9.46. The van der Waals surface area contributed by atoms with Gasteiger partial charge in [-0.3, -0.25) is 0 Å². The van der Waals surface area contributed by atoms with Crippen LogP contribution in [0.4, 0.5) is 0 Å². The Morgan fingerprint density at radius 2 is 1.83 bits per heavy atom. The molecule has 0 fully saturated rings. The lowest BCUT2D eigenvalue weighted by Crippen LogP contribution is -2.28. The van der Waals surface area contributed by atoms with Crippen molar-refractivity contribution in [2.24, 2.45) is 11.8 Å². The molecule has 2 heteroatoms.